The number of hydrogen-bond acceptors (Lipinski definition) is 2. The Morgan fingerprint density at radius 3 is 2.71 bits per heavy atom. The Morgan fingerprint density at radius 2 is 2.21 bits per heavy atom. The molecular formula is C10H19NO2S. The third kappa shape index (κ3) is 1.35. The highest BCUT2D eigenvalue weighted by atomic mass is 32.2. The van der Waals surface area contributed by atoms with Gasteiger partial charge in [-0.15, -0.1) is 0 Å². The summed E-state index contributed by atoms with van der Waals surface area (Å²) in [5, 5.41) is 0. The third-order valence-electron chi connectivity index (χ3n) is 3.97. The zero-order valence-electron chi connectivity index (χ0n) is 9.12. The van der Waals surface area contributed by atoms with Crippen molar-refractivity contribution in [3.63, 3.8) is 0 Å². The van der Waals surface area contributed by atoms with Crippen molar-refractivity contribution in [3.05, 3.63) is 0 Å². The summed E-state index contributed by atoms with van der Waals surface area (Å²) in [7, 11) is 0. The van der Waals surface area contributed by atoms with Crippen LogP contribution in [0.1, 0.15) is 20.8 Å². The highest BCUT2D eigenvalue weighted by Crippen LogP contribution is 2.52. The van der Waals surface area contributed by atoms with Crippen molar-refractivity contribution < 1.29 is 8.95 Å². The number of fused-ring (bicyclic) bond motifs is 1. The molecule has 4 heteroatoms. The first-order valence-electron chi connectivity index (χ1n) is 5.15. The molecular weight excluding hydrogens is 198 g/mol. The largest absolute Gasteiger partial charge is 0.380 e. The molecule has 2 fully saturated rings. The number of thiol groups is 1. The van der Waals surface area contributed by atoms with Gasteiger partial charge >= 0.3 is 0 Å². The number of hydrogen-bond donors (Lipinski definition) is 1. The van der Waals surface area contributed by atoms with Crippen molar-refractivity contribution in [2.45, 2.75) is 20.8 Å². The molecule has 0 bridgehead atoms. The van der Waals surface area contributed by atoms with Crippen LogP contribution in [0.25, 0.3) is 0 Å². The number of ether oxygens (including phenoxy) is 1. The Morgan fingerprint density at radius 1 is 1.50 bits per heavy atom. The molecule has 0 aromatic carbocycles. The van der Waals surface area contributed by atoms with E-state index in [0.717, 1.165) is 26.3 Å². The molecule has 2 aliphatic rings. The van der Waals surface area contributed by atoms with E-state index < -0.39 is 0 Å². The van der Waals surface area contributed by atoms with E-state index in [0.29, 0.717) is 5.92 Å². The summed E-state index contributed by atoms with van der Waals surface area (Å²) in [5.41, 5.74) is 0.442. The van der Waals surface area contributed by atoms with Gasteiger partial charge in [0.15, 0.2) is 0 Å². The molecule has 0 aromatic heterocycles. The standard InChI is InChI=1S/C10H19NO2S/c1-9(2,3)10-6-11(14-12)4-8(10)5-13-7-10/h8,14H,4-7H2,1-3H3. The van der Waals surface area contributed by atoms with Gasteiger partial charge in [0, 0.05) is 24.4 Å². The van der Waals surface area contributed by atoms with E-state index in [4.69, 9.17) is 4.74 Å². The van der Waals surface area contributed by atoms with Gasteiger partial charge in [-0.3, -0.25) is 0 Å². The minimum atomic E-state index is 0.170. The van der Waals surface area contributed by atoms with Crippen LogP contribution in [0.3, 0.4) is 0 Å². The zero-order chi connectivity index (χ0) is 10.4. The highest BCUT2D eigenvalue weighted by Gasteiger charge is 2.56. The Kier molecular flexibility index (Phi) is 2.48. The maximum absolute atomic E-state index is 10.9. The average molecular weight is 217 g/mol. The first-order valence-corrected chi connectivity index (χ1v) is 5.92. The molecule has 0 aromatic rings. The SMILES string of the molecule is CC(C)(C)C12COCC1CN([SH]=O)C2. The fourth-order valence-corrected chi connectivity index (χ4v) is 3.41. The second-order valence-corrected chi connectivity index (χ2v) is 6.28. The van der Waals surface area contributed by atoms with Gasteiger partial charge in [0.1, 0.15) is 0 Å². The summed E-state index contributed by atoms with van der Waals surface area (Å²) < 4.78 is 18.5. The minimum Gasteiger partial charge on any atom is -0.380 e. The number of nitrogens with zero attached hydrogens (tertiary/aromatic N) is 1. The summed E-state index contributed by atoms with van der Waals surface area (Å²) in [4.78, 5) is 0. The molecule has 82 valence electrons. The molecule has 0 aliphatic carbocycles. The van der Waals surface area contributed by atoms with Crippen LogP contribution in [0.5, 0.6) is 0 Å². The Hall–Kier alpha value is 0.0700. The lowest BCUT2D eigenvalue weighted by Gasteiger charge is -2.40. The molecule has 0 amide bonds. The molecule has 2 heterocycles. The predicted molar refractivity (Wildman–Crippen MR) is 57.3 cm³/mol. The maximum atomic E-state index is 10.9. The normalized spacial score (nSPS) is 38.9. The quantitative estimate of drug-likeness (QED) is 0.660. The molecule has 3 nitrogen and oxygen atoms in total. The van der Waals surface area contributed by atoms with Crippen LogP contribution in [-0.4, -0.2) is 34.8 Å². The van der Waals surface area contributed by atoms with Crippen molar-refractivity contribution in [1.82, 2.24) is 4.31 Å². The molecule has 2 unspecified atom stereocenters. The molecule has 2 aliphatic heterocycles. The highest BCUT2D eigenvalue weighted by molar-refractivity contribution is 7.63. The Bertz CT molecular complexity index is 251. The van der Waals surface area contributed by atoms with E-state index in [9.17, 15) is 4.21 Å². The summed E-state index contributed by atoms with van der Waals surface area (Å²) in [6.07, 6.45) is 0. The van der Waals surface area contributed by atoms with Crippen molar-refractivity contribution in [2.24, 2.45) is 16.7 Å². The van der Waals surface area contributed by atoms with E-state index in [1.54, 1.807) is 0 Å². The molecule has 14 heavy (non-hydrogen) atoms. The lowest BCUT2D eigenvalue weighted by molar-refractivity contribution is 0.0571. The summed E-state index contributed by atoms with van der Waals surface area (Å²) in [6.45, 7) is 10.3. The third-order valence-corrected chi connectivity index (χ3v) is 4.50. The first-order chi connectivity index (χ1) is 6.49. The maximum Gasteiger partial charge on any atom is 0.0808 e. The molecule has 2 saturated heterocycles. The van der Waals surface area contributed by atoms with Gasteiger partial charge in [-0.05, 0) is 5.41 Å². The smallest absolute Gasteiger partial charge is 0.0808 e. The average Bonchev–Trinajstić information content (AvgIpc) is 2.56. The lowest BCUT2D eigenvalue weighted by Crippen LogP contribution is -2.42. The predicted octanol–water partition coefficient (Wildman–Crippen LogP) is 0.841. The summed E-state index contributed by atoms with van der Waals surface area (Å²) >= 11 is 0.170. The van der Waals surface area contributed by atoms with Crippen LogP contribution in [0, 0.1) is 16.7 Å². The summed E-state index contributed by atoms with van der Waals surface area (Å²) in [6, 6.07) is 0. The molecule has 0 saturated carbocycles. The Balaban J connectivity index is 2.27. The van der Waals surface area contributed by atoms with Crippen LogP contribution in [0.4, 0.5) is 0 Å². The van der Waals surface area contributed by atoms with E-state index in [1.165, 1.54) is 0 Å². The lowest BCUT2D eigenvalue weighted by atomic mass is 9.63. The first kappa shape index (κ1) is 10.6. The second-order valence-electron chi connectivity index (χ2n) is 5.55. The van der Waals surface area contributed by atoms with Crippen molar-refractivity contribution in [1.29, 1.82) is 0 Å². The van der Waals surface area contributed by atoms with Gasteiger partial charge in [0.25, 0.3) is 0 Å². The van der Waals surface area contributed by atoms with Gasteiger partial charge in [0.2, 0.25) is 0 Å². The zero-order valence-corrected chi connectivity index (χ0v) is 10.0. The molecule has 0 radical (unpaired) electrons. The van der Waals surface area contributed by atoms with E-state index in [-0.39, 0.29) is 22.7 Å². The molecule has 0 spiro atoms. The van der Waals surface area contributed by atoms with Gasteiger partial charge in [-0.25, -0.2) is 8.51 Å². The van der Waals surface area contributed by atoms with Crippen molar-refractivity contribution in [3.8, 4) is 0 Å². The van der Waals surface area contributed by atoms with E-state index in [2.05, 4.69) is 20.8 Å². The molecule has 0 N–H and O–H groups in total. The van der Waals surface area contributed by atoms with Gasteiger partial charge in [-0.1, -0.05) is 20.8 Å². The summed E-state index contributed by atoms with van der Waals surface area (Å²) in [5.74, 6) is 0.559. The van der Waals surface area contributed by atoms with E-state index >= 15 is 0 Å². The topological polar surface area (TPSA) is 29.5 Å². The minimum absolute atomic E-state index is 0.170. The molecule has 2 rings (SSSR count). The Labute approximate surface area is 89.4 Å². The molecule has 2 atom stereocenters. The monoisotopic (exact) mass is 217 g/mol. The van der Waals surface area contributed by atoms with Gasteiger partial charge in [0.05, 0.1) is 25.1 Å². The van der Waals surface area contributed by atoms with Crippen LogP contribution in [0.2, 0.25) is 0 Å². The van der Waals surface area contributed by atoms with Crippen LogP contribution >= 0.6 is 0 Å². The van der Waals surface area contributed by atoms with Crippen LogP contribution < -0.4 is 0 Å². The van der Waals surface area contributed by atoms with E-state index in [1.807, 2.05) is 4.31 Å². The number of rotatable bonds is 1. The van der Waals surface area contributed by atoms with Crippen LogP contribution in [0.15, 0.2) is 0 Å². The van der Waals surface area contributed by atoms with Gasteiger partial charge in [-0.2, -0.15) is 0 Å². The second kappa shape index (κ2) is 3.29. The van der Waals surface area contributed by atoms with Gasteiger partial charge < -0.3 is 4.74 Å². The van der Waals surface area contributed by atoms with Crippen molar-refractivity contribution >= 4 is 11.9 Å². The van der Waals surface area contributed by atoms with Crippen LogP contribution in [-0.2, 0) is 16.6 Å². The fourth-order valence-electron chi connectivity index (χ4n) is 2.84. The fraction of sp³-hybridized carbons (Fsp3) is 1.00. The van der Waals surface area contributed by atoms with Crippen molar-refractivity contribution in [2.75, 3.05) is 26.3 Å².